The molecule has 7 nitrogen and oxygen atoms in total. The minimum atomic E-state index is -3.69. The molecule has 0 saturated carbocycles. The van der Waals surface area contributed by atoms with Crippen molar-refractivity contribution in [1.29, 1.82) is 0 Å². The van der Waals surface area contributed by atoms with Gasteiger partial charge in [0.25, 0.3) is 0 Å². The first-order chi connectivity index (χ1) is 10.9. The maximum absolute atomic E-state index is 13.1. The van der Waals surface area contributed by atoms with Crippen LogP contribution in [0.2, 0.25) is 0 Å². The first-order valence-corrected chi connectivity index (χ1v) is 12.6. The minimum Gasteiger partial charge on any atom is -0.307 e. The molecule has 23 heavy (non-hydrogen) atoms. The van der Waals surface area contributed by atoms with Crippen molar-refractivity contribution < 1.29 is 27.2 Å². The standard InChI is InChI=1S/C13H31NO6P2S/c1-6-17-21(15,18-7-2)13(14-11-10-12-23-5)22(16,19-8-3)20-9-4/h13-14H,6-12H2,1-5H3. The Morgan fingerprint density at radius 1 is 0.870 bits per heavy atom. The maximum atomic E-state index is 13.1. The molecule has 10 heteroatoms. The van der Waals surface area contributed by atoms with Gasteiger partial charge in [-0.2, -0.15) is 11.8 Å². The average molecular weight is 391 g/mol. The molecule has 0 amide bonds. The Balaban J connectivity index is 5.47. The van der Waals surface area contributed by atoms with Gasteiger partial charge in [-0.25, -0.2) is 0 Å². The summed E-state index contributed by atoms with van der Waals surface area (Å²) in [4.78, 5) is 0. The van der Waals surface area contributed by atoms with Gasteiger partial charge in [-0.1, -0.05) is 0 Å². The van der Waals surface area contributed by atoms with Crippen LogP contribution in [0.25, 0.3) is 0 Å². The Kier molecular flexibility index (Phi) is 13.2. The Morgan fingerprint density at radius 3 is 1.57 bits per heavy atom. The van der Waals surface area contributed by atoms with E-state index in [1.165, 1.54) is 0 Å². The lowest BCUT2D eigenvalue weighted by Crippen LogP contribution is -2.33. The molecule has 1 N–H and O–H groups in total. The molecule has 0 aromatic heterocycles. The smallest absolute Gasteiger partial charge is 0.307 e. The summed E-state index contributed by atoms with van der Waals surface area (Å²) in [5, 5.41) is 3.04. The lowest BCUT2D eigenvalue weighted by atomic mass is 10.5. The second kappa shape index (κ2) is 12.9. The first-order valence-electron chi connectivity index (χ1n) is 7.93. The summed E-state index contributed by atoms with van der Waals surface area (Å²) in [5.41, 5.74) is -1.13. The molecule has 0 atom stereocenters. The van der Waals surface area contributed by atoms with Crippen molar-refractivity contribution in [2.75, 3.05) is 45.0 Å². The van der Waals surface area contributed by atoms with Gasteiger partial charge in [-0.3, -0.25) is 14.4 Å². The zero-order valence-corrected chi connectivity index (χ0v) is 17.4. The van der Waals surface area contributed by atoms with E-state index < -0.39 is 20.7 Å². The van der Waals surface area contributed by atoms with E-state index in [1.807, 2.05) is 6.26 Å². The summed E-state index contributed by atoms with van der Waals surface area (Å²) in [7, 11) is -7.38. The first kappa shape index (κ1) is 23.6. The zero-order chi connectivity index (χ0) is 17.8. The fraction of sp³-hybridized carbons (Fsp3) is 1.00. The van der Waals surface area contributed by atoms with E-state index in [9.17, 15) is 9.13 Å². The Labute approximate surface area is 144 Å². The highest BCUT2D eigenvalue weighted by molar-refractivity contribution is 7.98. The molecule has 0 aromatic carbocycles. The van der Waals surface area contributed by atoms with Crippen LogP contribution in [0.15, 0.2) is 0 Å². The van der Waals surface area contributed by atoms with Crippen LogP contribution in [-0.4, -0.2) is 50.5 Å². The van der Waals surface area contributed by atoms with Crippen LogP contribution in [0, 0.1) is 0 Å². The second-order valence-corrected chi connectivity index (χ2v) is 10.0. The van der Waals surface area contributed by atoms with Gasteiger partial charge < -0.3 is 18.1 Å². The lowest BCUT2D eigenvalue weighted by Gasteiger charge is -2.31. The molecule has 0 aliphatic rings. The van der Waals surface area contributed by atoms with Crippen molar-refractivity contribution in [1.82, 2.24) is 5.32 Å². The van der Waals surface area contributed by atoms with E-state index in [4.69, 9.17) is 18.1 Å². The fourth-order valence-corrected chi connectivity index (χ4v) is 7.40. The molecule has 0 unspecified atom stereocenters. The summed E-state index contributed by atoms with van der Waals surface area (Å²) in [5.74, 6) is 0.931. The van der Waals surface area contributed by atoms with Crippen LogP contribution in [0.5, 0.6) is 0 Å². The quantitative estimate of drug-likeness (QED) is 0.329. The Bertz CT molecular complexity index is 349. The Hall–Kier alpha value is 0.610. The predicted molar refractivity (Wildman–Crippen MR) is 96.5 cm³/mol. The van der Waals surface area contributed by atoms with Gasteiger partial charge in [0.05, 0.1) is 26.4 Å². The highest BCUT2D eigenvalue weighted by Crippen LogP contribution is 2.69. The van der Waals surface area contributed by atoms with Gasteiger partial charge in [0.2, 0.25) is 5.52 Å². The average Bonchev–Trinajstić information content (AvgIpc) is 2.47. The minimum absolute atomic E-state index is 0.179. The third-order valence-electron chi connectivity index (χ3n) is 2.69. The molecular formula is C13H31NO6P2S. The molecule has 0 spiro atoms. The molecule has 140 valence electrons. The van der Waals surface area contributed by atoms with Crippen LogP contribution in [0.1, 0.15) is 34.1 Å². The summed E-state index contributed by atoms with van der Waals surface area (Å²) < 4.78 is 47.7. The van der Waals surface area contributed by atoms with E-state index in [1.54, 1.807) is 39.5 Å². The van der Waals surface area contributed by atoms with Crippen LogP contribution in [-0.2, 0) is 27.2 Å². The van der Waals surface area contributed by atoms with E-state index in [0.717, 1.165) is 12.2 Å². The molecule has 0 saturated heterocycles. The molecule has 0 heterocycles. The predicted octanol–water partition coefficient (Wildman–Crippen LogP) is 4.14. The van der Waals surface area contributed by atoms with Crippen LogP contribution >= 0.6 is 27.0 Å². The molecule has 0 aliphatic carbocycles. The van der Waals surface area contributed by atoms with Crippen molar-refractivity contribution in [3.05, 3.63) is 0 Å². The molecular weight excluding hydrogens is 360 g/mol. The number of hydrogen-bond acceptors (Lipinski definition) is 8. The summed E-state index contributed by atoms with van der Waals surface area (Å²) in [6.45, 7) is 8.07. The summed E-state index contributed by atoms with van der Waals surface area (Å²) in [6.07, 6.45) is 2.84. The van der Waals surface area contributed by atoms with Gasteiger partial charge >= 0.3 is 15.2 Å². The normalized spacial score (nSPS) is 13.0. The summed E-state index contributed by atoms with van der Waals surface area (Å²) >= 11 is 1.71. The molecule has 0 bridgehead atoms. The highest BCUT2D eigenvalue weighted by atomic mass is 32.2. The second-order valence-electron chi connectivity index (χ2n) is 4.42. The summed E-state index contributed by atoms with van der Waals surface area (Å²) in [6, 6.07) is 0. The van der Waals surface area contributed by atoms with Gasteiger partial charge in [-0.05, 0) is 52.7 Å². The molecule has 0 rings (SSSR count). The highest BCUT2D eigenvalue weighted by Gasteiger charge is 2.50. The van der Waals surface area contributed by atoms with E-state index in [2.05, 4.69) is 5.32 Å². The van der Waals surface area contributed by atoms with Crippen molar-refractivity contribution in [2.45, 2.75) is 39.6 Å². The molecule has 0 fully saturated rings. The largest absolute Gasteiger partial charge is 0.359 e. The van der Waals surface area contributed by atoms with Crippen LogP contribution in [0.3, 0.4) is 0 Å². The van der Waals surface area contributed by atoms with Crippen molar-refractivity contribution in [2.24, 2.45) is 0 Å². The third-order valence-corrected chi connectivity index (χ3v) is 9.12. The number of rotatable bonds is 15. The third kappa shape index (κ3) is 8.02. The topological polar surface area (TPSA) is 83.1 Å². The van der Waals surface area contributed by atoms with Gasteiger partial charge in [0.15, 0.2) is 0 Å². The van der Waals surface area contributed by atoms with Crippen LogP contribution in [0.4, 0.5) is 0 Å². The zero-order valence-electron chi connectivity index (χ0n) is 14.8. The van der Waals surface area contributed by atoms with Gasteiger partial charge in [0.1, 0.15) is 0 Å². The lowest BCUT2D eigenvalue weighted by molar-refractivity contribution is 0.190. The Morgan fingerprint density at radius 2 is 1.26 bits per heavy atom. The number of hydrogen-bond donors (Lipinski definition) is 1. The van der Waals surface area contributed by atoms with Crippen molar-refractivity contribution in [3.8, 4) is 0 Å². The number of nitrogens with one attached hydrogen (secondary N) is 1. The van der Waals surface area contributed by atoms with E-state index in [0.29, 0.717) is 6.54 Å². The van der Waals surface area contributed by atoms with Gasteiger partial charge in [-0.15, -0.1) is 0 Å². The van der Waals surface area contributed by atoms with Crippen molar-refractivity contribution >= 4 is 27.0 Å². The molecule has 0 radical (unpaired) electrons. The number of thioether (sulfide) groups is 1. The molecule has 0 aliphatic heterocycles. The van der Waals surface area contributed by atoms with Crippen LogP contribution < -0.4 is 5.32 Å². The maximum Gasteiger partial charge on any atom is 0.359 e. The van der Waals surface area contributed by atoms with E-state index in [-0.39, 0.29) is 26.4 Å². The van der Waals surface area contributed by atoms with Crippen molar-refractivity contribution in [3.63, 3.8) is 0 Å². The van der Waals surface area contributed by atoms with E-state index >= 15 is 0 Å². The monoisotopic (exact) mass is 391 g/mol. The van der Waals surface area contributed by atoms with Gasteiger partial charge in [0, 0.05) is 0 Å². The SMILES string of the molecule is CCOP(=O)(OCC)C(NCCCSC)P(=O)(OCC)OCC. The molecule has 0 aromatic rings. The fourth-order valence-electron chi connectivity index (χ4n) is 1.92.